The Morgan fingerprint density at radius 1 is 1.00 bits per heavy atom. The molecule has 3 aromatic rings. The lowest BCUT2D eigenvalue weighted by Crippen LogP contribution is -2.21. The van der Waals surface area contributed by atoms with Crippen LogP contribution in [0.5, 0.6) is 5.75 Å². The number of alkyl halides is 2. The first-order chi connectivity index (χ1) is 16.3. The fourth-order valence-corrected chi connectivity index (χ4v) is 2.88. The monoisotopic (exact) mass is 471 g/mol. The number of halogens is 2. The lowest BCUT2D eigenvalue weighted by molar-refractivity contribution is -0.384. The van der Waals surface area contributed by atoms with Gasteiger partial charge in [0, 0.05) is 18.3 Å². The largest absolute Gasteiger partial charge is 0.452 e. The van der Waals surface area contributed by atoms with Crippen LogP contribution < -0.4 is 15.4 Å². The summed E-state index contributed by atoms with van der Waals surface area (Å²) in [5.41, 5.74) is 0.997. The molecule has 0 atom stereocenters. The minimum absolute atomic E-state index is 0.0808. The SMILES string of the molecule is O=C(COC(=O)c1ccc(NCc2ccccc2)c([N+](=O)[O-])c1)Nc1ccc(OC(F)F)cc1. The van der Waals surface area contributed by atoms with Gasteiger partial charge in [0.15, 0.2) is 6.61 Å². The van der Waals surface area contributed by atoms with Gasteiger partial charge in [-0.05, 0) is 42.0 Å². The van der Waals surface area contributed by atoms with Gasteiger partial charge in [-0.25, -0.2) is 4.79 Å². The van der Waals surface area contributed by atoms with Gasteiger partial charge in [0.1, 0.15) is 11.4 Å². The Bertz CT molecular complexity index is 1160. The van der Waals surface area contributed by atoms with Crippen LogP contribution in [0.2, 0.25) is 0 Å². The van der Waals surface area contributed by atoms with E-state index in [1.165, 1.54) is 36.4 Å². The van der Waals surface area contributed by atoms with Gasteiger partial charge in [0.25, 0.3) is 11.6 Å². The van der Waals surface area contributed by atoms with E-state index in [0.717, 1.165) is 11.6 Å². The molecule has 0 spiro atoms. The molecule has 0 fully saturated rings. The number of carbonyl (C=O) groups is 2. The third kappa shape index (κ3) is 6.99. The molecule has 0 saturated carbocycles. The second kappa shape index (κ2) is 11.4. The normalized spacial score (nSPS) is 10.4. The Morgan fingerprint density at radius 3 is 2.35 bits per heavy atom. The van der Waals surface area contributed by atoms with Crippen molar-refractivity contribution in [3.63, 3.8) is 0 Å². The summed E-state index contributed by atoms with van der Waals surface area (Å²) in [4.78, 5) is 35.1. The summed E-state index contributed by atoms with van der Waals surface area (Å²) in [5.74, 6) is -1.69. The quantitative estimate of drug-likeness (QED) is 0.252. The topological polar surface area (TPSA) is 120 Å². The number of nitrogens with one attached hydrogen (secondary N) is 2. The van der Waals surface area contributed by atoms with E-state index in [2.05, 4.69) is 15.4 Å². The van der Waals surface area contributed by atoms with Crippen LogP contribution in [-0.4, -0.2) is 30.0 Å². The molecule has 3 rings (SSSR count). The summed E-state index contributed by atoms with van der Waals surface area (Å²) in [6.07, 6.45) is 0. The van der Waals surface area contributed by atoms with Crippen LogP contribution in [0.4, 0.5) is 25.8 Å². The van der Waals surface area contributed by atoms with Crippen LogP contribution >= 0.6 is 0 Å². The van der Waals surface area contributed by atoms with E-state index in [1.54, 1.807) is 0 Å². The number of nitro groups is 1. The summed E-state index contributed by atoms with van der Waals surface area (Å²) in [7, 11) is 0. The highest BCUT2D eigenvalue weighted by Crippen LogP contribution is 2.26. The van der Waals surface area contributed by atoms with Gasteiger partial charge in [0.05, 0.1) is 10.5 Å². The zero-order valence-electron chi connectivity index (χ0n) is 17.6. The predicted octanol–water partition coefficient (Wildman–Crippen LogP) is 4.60. The lowest BCUT2D eigenvalue weighted by atomic mass is 10.1. The number of carbonyl (C=O) groups excluding carboxylic acids is 2. The number of rotatable bonds is 10. The van der Waals surface area contributed by atoms with Crippen molar-refractivity contribution in [1.29, 1.82) is 0 Å². The van der Waals surface area contributed by atoms with Crippen molar-refractivity contribution in [3.8, 4) is 5.75 Å². The molecule has 34 heavy (non-hydrogen) atoms. The molecule has 0 aliphatic rings. The second-order valence-corrected chi connectivity index (χ2v) is 6.86. The first-order valence-electron chi connectivity index (χ1n) is 9.90. The fraction of sp³-hybridized carbons (Fsp3) is 0.130. The number of nitro benzene ring substituents is 1. The Balaban J connectivity index is 1.56. The zero-order chi connectivity index (χ0) is 24.5. The highest BCUT2D eigenvalue weighted by molar-refractivity contribution is 5.96. The summed E-state index contributed by atoms with van der Waals surface area (Å²) in [6.45, 7) is -3.28. The van der Waals surface area contributed by atoms with Gasteiger partial charge < -0.3 is 20.1 Å². The molecule has 0 bridgehead atoms. The van der Waals surface area contributed by atoms with Crippen LogP contribution in [0.3, 0.4) is 0 Å². The molecule has 0 aliphatic carbocycles. The molecule has 0 unspecified atom stereocenters. The van der Waals surface area contributed by atoms with Crippen molar-refractivity contribution >= 4 is 28.9 Å². The summed E-state index contributed by atoms with van der Waals surface area (Å²) < 4.78 is 33.5. The van der Waals surface area contributed by atoms with E-state index >= 15 is 0 Å². The molecule has 0 heterocycles. The number of hydrogen-bond acceptors (Lipinski definition) is 7. The number of hydrogen-bond donors (Lipinski definition) is 2. The average molecular weight is 471 g/mol. The number of amides is 1. The predicted molar refractivity (Wildman–Crippen MR) is 119 cm³/mol. The van der Waals surface area contributed by atoms with Gasteiger partial charge in [-0.3, -0.25) is 14.9 Å². The van der Waals surface area contributed by atoms with Crippen LogP contribution in [0.15, 0.2) is 72.8 Å². The third-order valence-electron chi connectivity index (χ3n) is 4.45. The van der Waals surface area contributed by atoms with E-state index in [9.17, 15) is 28.5 Å². The van der Waals surface area contributed by atoms with Crippen LogP contribution in [0.1, 0.15) is 15.9 Å². The molecule has 0 aromatic heterocycles. The molecule has 3 aromatic carbocycles. The molecule has 0 saturated heterocycles. The maximum atomic E-state index is 12.3. The van der Waals surface area contributed by atoms with Crippen molar-refractivity contribution in [2.45, 2.75) is 13.2 Å². The van der Waals surface area contributed by atoms with Crippen molar-refractivity contribution < 1.29 is 32.8 Å². The van der Waals surface area contributed by atoms with Gasteiger partial charge in [-0.15, -0.1) is 0 Å². The molecule has 176 valence electrons. The number of benzene rings is 3. The van der Waals surface area contributed by atoms with Crippen LogP contribution in [0, 0.1) is 10.1 Å². The molecule has 1 amide bonds. The Morgan fingerprint density at radius 2 is 1.71 bits per heavy atom. The molecule has 9 nitrogen and oxygen atoms in total. The number of anilines is 2. The Labute approximate surface area is 192 Å². The van der Waals surface area contributed by atoms with E-state index in [4.69, 9.17) is 4.74 Å². The average Bonchev–Trinajstić information content (AvgIpc) is 2.82. The van der Waals surface area contributed by atoms with Crippen LogP contribution in [0.25, 0.3) is 0 Å². The Hall–Kier alpha value is -4.54. The zero-order valence-corrected chi connectivity index (χ0v) is 17.6. The van der Waals surface area contributed by atoms with Gasteiger partial charge >= 0.3 is 12.6 Å². The highest BCUT2D eigenvalue weighted by Gasteiger charge is 2.19. The highest BCUT2D eigenvalue weighted by atomic mass is 19.3. The maximum absolute atomic E-state index is 12.3. The van der Waals surface area contributed by atoms with Gasteiger partial charge in [-0.1, -0.05) is 30.3 Å². The van der Waals surface area contributed by atoms with Crippen LogP contribution in [-0.2, 0) is 16.1 Å². The summed E-state index contributed by atoms with van der Waals surface area (Å²) in [5, 5.41) is 16.8. The first-order valence-corrected chi connectivity index (χ1v) is 9.90. The number of ether oxygens (including phenoxy) is 2. The van der Waals surface area contributed by atoms with Crippen molar-refractivity contribution in [1.82, 2.24) is 0 Å². The standard InChI is InChI=1S/C23H19F2N3O6/c24-23(25)34-18-9-7-17(8-10-18)27-21(29)14-33-22(30)16-6-11-19(20(12-16)28(31)32)26-13-15-4-2-1-3-5-15/h1-12,23,26H,13-14H2,(H,27,29). The van der Waals surface area contributed by atoms with Crippen molar-refractivity contribution in [2.24, 2.45) is 0 Å². The molecule has 0 aliphatic heterocycles. The minimum Gasteiger partial charge on any atom is -0.452 e. The minimum atomic E-state index is -2.97. The fourth-order valence-electron chi connectivity index (χ4n) is 2.88. The molecule has 2 N–H and O–H groups in total. The van der Waals surface area contributed by atoms with E-state index < -0.39 is 30.0 Å². The molecule has 11 heteroatoms. The smallest absolute Gasteiger partial charge is 0.387 e. The summed E-state index contributed by atoms with van der Waals surface area (Å²) >= 11 is 0. The molecule has 0 radical (unpaired) electrons. The maximum Gasteiger partial charge on any atom is 0.387 e. The number of nitrogens with zero attached hydrogens (tertiary/aromatic N) is 1. The van der Waals surface area contributed by atoms with E-state index in [0.29, 0.717) is 6.54 Å². The van der Waals surface area contributed by atoms with Gasteiger partial charge in [0.2, 0.25) is 0 Å². The molecular formula is C23H19F2N3O6. The second-order valence-electron chi connectivity index (χ2n) is 6.86. The van der Waals surface area contributed by atoms with E-state index in [-0.39, 0.29) is 28.4 Å². The third-order valence-corrected chi connectivity index (χ3v) is 4.45. The van der Waals surface area contributed by atoms with Crippen molar-refractivity contribution in [2.75, 3.05) is 17.2 Å². The molecular weight excluding hydrogens is 452 g/mol. The van der Waals surface area contributed by atoms with Crippen molar-refractivity contribution in [3.05, 3.63) is 94.0 Å². The first kappa shape index (κ1) is 24.1. The number of esters is 1. The summed E-state index contributed by atoms with van der Waals surface area (Å²) in [6, 6.07) is 18.2. The Kier molecular flexibility index (Phi) is 8.06. The lowest BCUT2D eigenvalue weighted by Gasteiger charge is -2.10. The van der Waals surface area contributed by atoms with E-state index in [1.807, 2.05) is 30.3 Å². The van der Waals surface area contributed by atoms with Gasteiger partial charge in [-0.2, -0.15) is 8.78 Å².